The highest BCUT2D eigenvalue weighted by Crippen LogP contribution is 2.27. The topological polar surface area (TPSA) is 45.4 Å². The molecule has 1 aliphatic rings. The second-order valence-corrected chi connectivity index (χ2v) is 6.41. The van der Waals surface area contributed by atoms with Gasteiger partial charge in [-0.1, -0.05) is 36.4 Å². The van der Waals surface area contributed by atoms with E-state index in [1.165, 1.54) is 11.1 Å². The summed E-state index contributed by atoms with van der Waals surface area (Å²) in [5, 5.41) is 0. The third kappa shape index (κ3) is 3.71. The molecule has 122 valence electrons. The zero-order valence-corrected chi connectivity index (χ0v) is 14.0. The van der Waals surface area contributed by atoms with Crippen molar-refractivity contribution < 1.29 is 0 Å². The molecule has 2 atom stereocenters. The van der Waals surface area contributed by atoms with Crippen LogP contribution in [0.15, 0.2) is 48.7 Å². The Morgan fingerprint density at radius 1 is 1.17 bits per heavy atom. The van der Waals surface area contributed by atoms with Crippen molar-refractivity contribution in [2.75, 3.05) is 31.6 Å². The van der Waals surface area contributed by atoms with Gasteiger partial charge in [-0.25, -0.2) is 4.98 Å². The number of anilines is 1. The number of nitrogens with two attached hydrogens (primary N) is 1. The fourth-order valence-corrected chi connectivity index (χ4v) is 3.25. The normalized spacial score (nSPS) is 21.5. The summed E-state index contributed by atoms with van der Waals surface area (Å²) in [5.74, 6) is 1.45. The van der Waals surface area contributed by atoms with Crippen LogP contribution in [0.4, 0.5) is 5.82 Å². The van der Waals surface area contributed by atoms with Gasteiger partial charge >= 0.3 is 0 Å². The second kappa shape index (κ2) is 7.11. The maximum Gasteiger partial charge on any atom is 0.128 e. The van der Waals surface area contributed by atoms with Gasteiger partial charge in [0.2, 0.25) is 0 Å². The van der Waals surface area contributed by atoms with Crippen LogP contribution in [0.5, 0.6) is 0 Å². The van der Waals surface area contributed by atoms with Crippen LogP contribution in [0.2, 0.25) is 0 Å². The molecule has 0 bridgehead atoms. The zero-order valence-electron chi connectivity index (χ0n) is 14.0. The number of benzene rings is 1. The first-order chi connectivity index (χ1) is 11.2. The lowest BCUT2D eigenvalue weighted by Crippen LogP contribution is -2.28. The SMILES string of the molecule is CCN(C)c1ccc(CN2C[C@@H](N)[C@H](c3ccccc3)C2)cn1. The van der Waals surface area contributed by atoms with Gasteiger partial charge in [-0.15, -0.1) is 0 Å². The first-order valence-corrected chi connectivity index (χ1v) is 8.36. The highest BCUT2D eigenvalue weighted by Gasteiger charge is 2.30. The minimum atomic E-state index is 0.204. The Morgan fingerprint density at radius 3 is 2.61 bits per heavy atom. The first kappa shape index (κ1) is 16.0. The third-order valence-corrected chi connectivity index (χ3v) is 4.75. The van der Waals surface area contributed by atoms with E-state index in [4.69, 9.17) is 5.73 Å². The highest BCUT2D eigenvalue weighted by molar-refractivity contribution is 5.38. The molecule has 0 spiro atoms. The third-order valence-electron chi connectivity index (χ3n) is 4.75. The predicted octanol–water partition coefficient (Wildman–Crippen LogP) is 2.46. The number of hydrogen-bond acceptors (Lipinski definition) is 4. The van der Waals surface area contributed by atoms with Crippen LogP contribution in [0.25, 0.3) is 0 Å². The zero-order chi connectivity index (χ0) is 16.2. The number of pyridine rings is 1. The summed E-state index contributed by atoms with van der Waals surface area (Å²) in [7, 11) is 2.06. The molecule has 1 aliphatic heterocycles. The van der Waals surface area contributed by atoms with Gasteiger partial charge in [-0.3, -0.25) is 4.90 Å². The fourth-order valence-electron chi connectivity index (χ4n) is 3.25. The molecule has 1 fully saturated rings. The van der Waals surface area contributed by atoms with E-state index in [0.29, 0.717) is 5.92 Å². The van der Waals surface area contributed by atoms with Gasteiger partial charge in [-0.2, -0.15) is 0 Å². The van der Waals surface area contributed by atoms with Gasteiger partial charge < -0.3 is 10.6 Å². The molecule has 0 unspecified atom stereocenters. The number of nitrogens with zero attached hydrogens (tertiary/aromatic N) is 3. The largest absolute Gasteiger partial charge is 0.360 e. The molecule has 1 aromatic heterocycles. The molecule has 1 aromatic carbocycles. The molecule has 0 saturated carbocycles. The van der Waals surface area contributed by atoms with E-state index in [1.807, 2.05) is 6.20 Å². The van der Waals surface area contributed by atoms with Crippen LogP contribution < -0.4 is 10.6 Å². The van der Waals surface area contributed by atoms with Crippen LogP contribution in [0.1, 0.15) is 24.0 Å². The average molecular weight is 310 g/mol. The molecular formula is C19H26N4. The molecule has 2 aromatic rings. The van der Waals surface area contributed by atoms with Crippen LogP contribution >= 0.6 is 0 Å². The van der Waals surface area contributed by atoms with Gasteiger partial charge in [0.25, 0.3) is 0 Å². The van der Waals surface area contributed by atoms with Crippen molar-refractivity contribution in [3.05, 3.63) is 59.8 Å². The summed E-state index contributed by atoms with van der Waals surface area (Å²) in [4.78, 5) is 9.13. The summed E-state index contributed by atoms with van der Waals surface area (Å²) >= 11 is 0. The molecular weight excluding hydrogens is 284 g/mol. The van der Waals surface area contributed by atoms with E-state index in [0.717, 1.165) is 32.0 Å². The van der Waals surface area contributed by atoms with Gasteiger partial charge in [0, 0.05) is 51.4 Å². The summed E-state index contributed by atoms with van der Waals surface area (Å²) in [5.41, 5.74) is 8.97. The van der Waals surface area contributed by atoms with E-state index in [-0.39, 0.29) is 6.04 Å². The van der Waals surface area contributed by atoms with Crippen molar-refractivity contribution in [3.8, 4) is 0 Å². The number of likely N-dealkylation sites (tertiary alicyclic amines) is 1. The molecule has 4 heteroatoms. The van der Waals surface area contributed by atoms with Crippen LogP contribution in [0.3, 0.4) is 0 Å². The van der Waals surface area contributed by atoms with Crippen molar-refractivity contribution in [3.63, 3.8) is 0 Å². The molecule has 0 radical (unpaired) electrons. The minimum Gasteiger partial charge on any atom is -0.360 e. The molecule has 1 saturated heterocycles. The van der Waals surface area contributed by atoms with Crippen LogP contribution in [0, 0.1) is 0 Å². The van der Waals surface area contributed by atoms with Crippen molar-refractivity contribution in [1.82, 2.24) is 9.88 Å². The Hall–Kier alpha value is -1.91. The van der Waals surface area contributed by atoms with E-state index < -0.39 is 0 Å². The van der Waals surface area contributed by atoms with Gasteiger partial charge in [-0.05, 0) is 24.1 Å². The Balaban J connectivity index is 1.63. The molecule has 3 rings (SSSR count). The number of rotatable bonds is 5. The van der Waals surface area contributed by atoms with Crippen molar-refractivity contribution >= 4 is 5.82 Å². The van der Waals surface area contributed by atoms with Crippen LogP contribution in [-0.2, 0) is 6.54 Å². The van der Waals surface area contributed by atoms with Gasteiger partial charge in [0.15, 0.2) is 0 Å². The summed E-state index contributed by atoms with van der Waals surface area (Å²) in [6.07, 6.45) is 1.99. The first-order valence-electron chi connectivity index (χ1n) is 8.36. The average Bonchev–Trinajstić information content (AvgIpc) is 2.96. The molecule has 2 N–H and O–H groups in total. The summed E-state index contributed by atoms with van der Waals surface area (Å²) in [6, 6.07) is 15.1. The smallest absolute Gasteiger partial charge is 0.128 e. The van der Waals surface area contributed by atoms with Gasteiger partial charge in [0.1, 0.15) is 5.82 Å². The van der Waals surface area contributed by atoms with Crippen molar-refractivity contribution in [1.29, 1.82) is 0 Å². The Labute approximate surface area is 138 Å². The fraction of sp³-hybridized carbons (Fsp3) is 0.421. The lowest BCUT2D eigenvalue weighted by atomic mass is 9.95. The molecule has 23 heavy (non-hydrogen) atoms. The molecule has 4 nitrogen and oxygen atoms in total. The number of hydrogen-bond donors (Lipinski definition) is 1. The van der Waals surface area contributed by atoms with E-state index in [1.54, 1.807) is 0 Å². The Bertz CT molecular complexity index is 611. The van der Waals surface area contributed by atoms with Crippen LogP contribution in [-0.4, -0.2) is 42.6 Å². The van der Waals surface area contributed by atoms with E-state index in [9.17, 15) is 0 Å². The molecule has 0 amide bonds. The lowest BCUT2D eigenvalue weighted by Gasteiger charge is -2.18. The highest BCUT2D eigenvalue weighted by atomic mass is 15.2. The van der Waals surface area contributed by atoms with E-state index >= 15 is 0 Å². The standard InChI is InChI=1S/C19H26N4/c1-3-22(2)19-10-9-15(11-21-19)12-23-13-17(18(20)14-23)16-7-5-4-6-8-16/h4-11,17-18H,3,12-14,20H2,1-2H3/t17-,18+/m0/s1. The molecule has 0 aliphatic carbocycles. The quantitative estimate of drug-likeness (QED) is 0.921. The monoisotopic (exact) mass is 310 g/mol. The van der Waals surface area contributed by atoms with E-state index in [2.05, 4.69) is 71.2 Å². The summed E-state index contributed by atoms with van der Waals surface area (Å²) < 4.78 is 0. The maximum absolute atomic E-state index is 6.37. The maximum atomic E-state index is 6.37. The number of aromatic nitrogens is 1. The van der Waals surface area contributed by atoms with Crippen molar-refractivity contribution in [2.45, 2.75) is 25.4 Å². The Morgan fingerprint density at radius 2 is 1.96 bits per heavy atom. The predicted molar refractivity (Wildman–Crippen MR) is 95.6 cm³/mol. The molecule has 2 heterocycles. The Kier molecular flexibility index (Phi) is 4.94. The summed E-state index contributed by atoms with van der Waals surface area (Å²) in [6.45, 7) is 5.97. The minimum absolute atomic E-state index is 0.204. The second-order valence-electron chi connectivity index (χ2n) is 6.41. The lowest BCUT2D eigenvalue weighted by molar-refractivity contribution is 0.323. The van der Waals surface area contributed by atoms with Crippen molar-refractivity contribution in [2.24, 2.45) is 5.73 Å². The van der Waals surface area contributed by atoms with Gasteiger partial charge in [0.05, 0.1) is 0 Å².